The zero-order chi connectivity index (χ0) is 16.9. The smallest absolute Gasteiger partial charge is 0.192 e. The molecule has 0 aromatic heterocycles. The molecule has 0 spiro atoms. The molecule has 2 nitrogen and oxygen atoms in total. The first kappa shape index (κ1) is 18.4. The summed E-state index contributed by atoms with van der Waals surface area (Å²) in [4.78, 5) is 2.58. The molecule has 0 unspecified atom stereocenters. The highest BCUT2D eigenvalue weighted by molar-refractivity contribution is 6.74. The highest BCUT2D eigenvalue weighted by Crippen LogP contribution is 2.37. The zero-order valence-corrected chi connectivity index (χ0v) is 16.5. The van der Waals surface area contributed by atoms with Gasteiger partial charge < -0.3 is 4.43 Å². The van der Waals surface area contributed by atoms with Gasteiger partial charge in [0.15, 0.2) is 8.32 Å². The summed E-state index contributed by atoms with van der Waals surface area (Å²) in [5.74, 6) is 0. The van der Waals surface area contributed by atoms with Crippen LogP contribution in [0, 0.1) is 0 Å². The first-order chi connectivity index (χ1) is 10.8. The van der Waals surface area contributed by atoms with Gasteiger partial charge in [-0.1, -0.05) is 63.3 Å². The third-order valence-corrected chi connectivity index (χ3v) is 9.89. The lowest BCUT2D eigenvalue weighted by molar-refractivity contribution is 0.173. The Balaban J connectivity index is 1.85. The molecule has 23 heavy (non-hydrogen) atoms. The van der Waals surface area contributed by atoms with Gasteiger partial charge in [0.25, 0.3) is 0 Å². The average molecular weight is 332 g/mol. The minimum absolute atomic E-state index is 0.295. The number of likely N-dealkylation sites (tertiary alicyclic amines) is 1. The maximum atomic E-state index is 6.45. The second kappa shape index (κ2) is 7.78. The number of benzene rings is 1. The van der Waals surface area contributed by atoms with Crippen LogP contribution in [0.1, 0.15) is 39.2 Å². The first-order valence-corrected chi connectivity index (χ1v) is 11.8. The van der Waals surface area contributed by atoms with Gasteiger partial charge in [-0.15, -0.1) is 0 Å². The van der Waals surface area contributed by atoms with Crippen molar-refractivity contribution >= 4 is 14.4 Å². The van der Waals surface area contributed by atoms with E-state index in [9.17, 15) is 0 Å². The Labute approximate surface area is 143 Å². The lowest BCUT2D eigenvalue weighted by Gasteiger charge is -2.38. The van der Waals surface area contributed by atoms with Crippen LogP contribution in [0.3, 0.4) is 0 Å². The first-order valence-electron chi connectivity index (χ1n) is 8.89. The molecule has 1 aromatic rings. The Bertz CT molecular complexity index is 504. The van der Waals surface area contributed by atoms with Crippen molar-refractivity contribution in [1.82, 2.24) is 4.90 Å². The van der Waals surface area contributed by atoms with Crippen molar-refractivity contribution in [3.63, 3.8) is 0 Å². The van der Waals surface area contributed by atoms with E-state index in [-0.39, 0.29) is 0 Å². The number of nitrogens with zero attached hydrogens (tertiary/aromatic N) is 1. The summed E-state index contributed by atoms with van der Waals surface area (Å²) >= 11 is 0. The lowest BCUT2D eigenvalue weighted by Crippen LogP contribution is -2.44. The molecular weight excluding hydrogens is 298 g/mol. The maximum Gasteiger partial charge on any atom is 0.192 e. The maximum absolute atomic E-state index is 6.45. The molecule has 0 N–H and O–H groups in total. The van der Waals surface area contributed by atoms with Crippen molar-refractivity contribution < 1.29 is 4.43 Å². The molecule has 0 saturated carbocycles. The van der Waals surface area contributed by atoms with Gasteiger partial charge in [0.1, 0.15) is 0 Å². The van der Waals surface area contributed by atoms with E-state index in [1.807, 2.05) is 0 Å². The highest BCUT2D eigenvalue weighted by atomic mass is 28.4. The fourth-order valence-electron chi connectivity index (χ4n) is 2.73. The molecule has 1 fully saturated rings. The van der Waals surface area contributed by atoms with E-state index in [0.29, 0.717) is 11.1 Å². The minimum Gasteiger partial charge on any atom is -0.415 e. The Hall–Kier alpha value is -0.903. The Kier molecular flexibility index (Phi) is 6.23. The van der Waals surface area contributed by atoms with Gasteiger partial charge in [0.2, 0.25) is 0 Å². The standard InChI is InChI=1S/C20H33NOSi/c1-20(2,3)23(4,5)22-17-19-14-10-16-21(19)15-9-13-18-11-7-6-8-12-18/h6-9,11-13,19H,10,14-17H2,1-5H3/b13-9+/t19-/m0/s1. The second-order valence-corrected chi connectivity index (χ2v) is 13.0. The summed E-state index contributed by atoms with van der Waals surface area (Å²) in [6.45, 7) is 14.8. The average Bonchev–Trinajstić information content (AvgIpc) is 2.93. The molecule has 3 heteroatoms. The molecule has 0 amide bonds. The van der Waals surface area contributed by atoms with Crippen molar-refractivity contribution in [2.24, 2.45) is 0 Å². The van der Waals surface area contributed by atoms with Crippen molar-refractivity contribution in [3.8, 4) is 0 Å². The Morgan fingerprint density at radius 3 is 2.57 bits per heavy atom. The van der Waals surface area contributed by atoms with E-state index in [1.165, 1.54) is 24.9 Å². The molecule has 0 aliphatic carbocycles. The number of hydrogen-bond acceptors (Lipinski definition) is 2. The van der Waals surface area contributed by atoms with Crippen LogP contribution >= 0.6 is 0 Å². The van der Waals surface area contributed by atoms with Crippen molar-refractivity contribution in [2.45, 2.75) is 57.8 Å². The summed E-state index contributed by atoms with van der Waals surface area (Å²) in [6, 6.07) is 11.1. The fraction of sp³-hybridized carbons (Fsp3) is 0.600. The van der Waals surface area contributed by atoms with Gasteiger partial charge in [-0.05, 0) is 43.1 Å². The van der Waals surface area contributed by atoms with Crippen molar-refractivity contribution in [1.29, 1.82) is 0 Å². The Morgan fingerprint density at radius 2 is 1.91 bits per heavy atom. The fourth-order valence-corrected chi connectivity index (χ4v) is 3.78. The largest absolute Gasteiger partial charge is 0.415 e. The second-order valence-electron chi connectivity index (χ2n) is 8.18. The molecule has 0 bridgehead atoms. The van der Waals surface area contributed by atoms with Gasteiger partial charge in [-0.2, -0.15) is 0 Å². The van der Waals surface area contributed by atoms with Crippen LogP contribution in [-0.2, 0) is 4.43 Å². The normalized spacial score (nSPS) is 20.5. The van der Waals surface area contributed by atoms with Gasteiger partial charge in [0.05, 0.1) is 0 Å². The summed E-state index contributed by atoms with van der Waals surface area (Å²) in [5, 5.41) is 0.295. The lowest BCUT2D eigenvalue weighted by atomic mass is 10.2. The van der Waals surface area contributed by atoms with Crippen LogP contribution in [0.25, 0.3) is 6.08 Å². The topological polar surface area (TPSA) is 12.5 Å². The molecule has 128 valence electrons. The van der Waals surface area contributed by atoms with E-state index in [4.69, 9.17) is 4.43 Å². The van der Waals surface area contributed by atoms with E-state index >= 15 is 0 Å². The molecular formula is C20H33NOSi. The number of rotatable bonds is 6. The summed E-state index contributed by atoms with van der Waals surface area (Å²) in [5.41, 5.74) is 1.28. The molecule has 1 atom stereocenters. The quantitative estimate of drug-likeness (QED) is 0.665. The van der Waals surface area contributed by atoms with Crippen LogP contribution in [0.15, 0.2) is 36.4 Å². The van der Waals surface area contributed by atoms with Crippen LogP contribution in [0.5, 0.6) is 0 Å². The van der Waals surface area contributed by atoms with Crippen molar-refractivity contribution in [3.05, 3.63) is 42.0 Å². The molecule has 2 rings (SSSR count). The van der Waals surface area contributed by atoms with E-state index in [1.54, 1.807) is 0 Å². The van der Waals surface area contributed by atoms with Crippen LogP contribution in [-0.4, -0.2) is 39.0 Å². The zero-order valence-electron chi connectivity index (χ0n) is 15.5. The third-order valence-electron chi connectivity index (χ3n) is 5.39. The molecule has 1 aliphatic heterocycles. The van der Waals surface area contributed by atoms with Gasteiger partial charge in [-0.25, -0.2) is 0 Å². The monoisotopic (exact) mass is 331 g/mol. The summed E-state index contributed by atoms with van der Waals surface area (Å²) in [6.07, 6.45) is 7.09. The molecule has 1 saturated heterocycles. The number of hydrogen-bond donors (Lipinski definition) is 0. The third kappa shape index (κ3) is 5.30. The highest BCUT2D eigenvalue weighted by Gasteiger charge is 2.38. The van der Waals surface area contributed by atoms with Gasteiger partial charge >= 0.3 is 0 Å². The molecule has 1 aromatic carbocycles. The van der Waals surface area contributed by atoms with E-state index in [2.05, 4.69) is 81.2 Å². The van der Waals surface area contributed by atoms with Crippen molar-refractivity contribution in [2.75, 3.05) is 19.7 Å². The van der Waals surface area contributed by atoms with Crippen LogP contribution in [0.4, 0.5) is 0 Å². The van der Waals surface area contributed by atoms with Gasteiger partial charge in [-0.3, -0.25) is 4.90 Å². The SMILES string of the molecule is CC(C)(C)[Si](C)(C)OC[C@@H]1CCCN1C/C=C/c1ccccc1. The van der Waals surface area contributed by atoms with E-state index in [0.717, 1.165) is 13.2 Å². The molecule has 1 heterocycles. The minimum atomic E-state index is -1.63. The van der Waals surface area contributed by atoms with E-state index < -0.39 is 8.32 Å². The molecule has 1 aliphatic rings. The van der Waals surface area contributed by atoms with Gasteiger partial charge in [0, 0.05) is 19.2 Å². The van der Waals surface area contributed by atoms with Crippen LogP contribution in [0.2, 0.25) is 18.1 Å². The predicted molar refractivity (Wildman–Crippen MR) is 103 cm³/mol. The van der Waals surface area contributed by atoms with Crippen LogP contribution < -0.4 is 0 Å². The molecule has 0 radical (unpaired) electrons. The Morgan fingerprint density at radius 1 is 1.22 bits per heavy atom. The summed E-state index contributed by atoms with van der Waals surface area (Å²) in [7, 11) is -1.63. The predicted octanol–water partition coefficient (Wildman–Crippen LogP) is 5.19. The summed E-state index contributed by atoms with van der Waals surface area (Å²) < 4.78 is 6.45.